The van der Waals surface area contributed by atoms with Crippen LogP contribution in [0.15, 0.2) is 36.4 Å². The second kappa shape index (κ2) is 10.5. The summed E-state index contributed by atoms with van der Waals surface area (Å²) >= 11 is 6.57. The van der Waals surface area contributed by atoms with Crippen LogP contribution >= 0.6 is 11.6 Å². The Labute approximate surface area is 229 Å². The zero-order valence-corrected chi connectivity index (χ0v) is 22.4. The van der Waals surface area contributed by atoms with Gasteiger partial charge in [-0.05, 0) is 54.2 Å². The minimum Gasteiger partial charge on any atom is -0.482 e. The zero-order valence-electron chi connectivity index (χ0n) is 21.7. The normalized spacial score (nSPS) is 24.6. The molecule has 0 bridgehead atoms. The molecule has 2 heterocycles. The summed E-state index contributed by atoms with van der Waals surface area (Å²) in [6.07, 6.45) is -2.31. The lowest BCUT2D eigenvalue weighted by Crippen LogP contribution is -2.59. The Bertz CT molecular complexity index is 1340. The Morgan fingerprint density at radius 3 is 2.33 bits per heavy atom. The molecule has 1 saturated heterocycles. The number of carbonyl (C=O) groups excluding carboxylic acids is 4. The van der Waals surface area contributed by atoms with Gasteiger partial charge in [-0.3, -0.25) is 19.2 Å². The van der Waals surface area contributed by atoms with E-state index in [1.165, 1.54) is 20.8 Å². The molecule has 2 aromatic carbocycles. The molecule has 1 spiro atoms. The molecule has 5 rings (SSSR count). The lowest BCUT2D eigenvalue weighted by molar-refractivity contribution is -0.257. The van der Waals surface area contributed by atoms with Crippen LogP contribution in [-0.4, -0.2) is 54.3 Å². The topological polar surface area (TPSA) is 126 Å². The van der Waals surface area contributed by atoms with Crippen LogP contribution in [-0.2, 0) is 44.5 Å². The summed E-state index contributed by atoms with van der Waals surface area (Å²) in [4.78, 5) is 47.9. The van der Waals surface area contributed by atoms with Gasteiger partial charge in [0.25, 0.3) is 5.91 Å². The van der Waals surface area contributed by atoms with E-state index in [4.69, 9.17) is 35.3 Å². The minimum absolute atomic E-state index is 0.0285. The number of rotatable bonds is 6. The third-order valence-electron chi connectivity index (χ3n) is 6.91. The smallest absolute Gasteiger partial charge is 0.303 e. The van der Waals surface area contributed by atoms with E-state index in [9.17, 15) is 19.2 Å². The van der Waals surface area contributed by atoms with E-state index in [0.717, 1.165) is 11.1 Å². The van der Waals surface area contributed by atoms with Crippen molar-refractivity contribution in [1.82, 2.24) is 0 Å². The van der Waals surface area contributed by atoms with Crippen LogP contribution < -0.4 is 10.1 Å². The van der Waals surface area contributed by atoms with Crippen molar-refractivity contribution in [3.05, 3.63) is 58.1 Å². The third-order valence-corrected chi connectivity index (χ3v) is 7.28. The maximum absolute atomic E-state index is 12.1. The second-order valence-corrected chi connectivity index (χ2v) is 10.4. The molecule has 4 atom stereocenters. The summed E-state index contributed by atoms with van der Waals surface area (Å²) in [5.41, 5.74) is 2.01. The van der Waals surface area contributed by atoms with Crippen LogP contribution in [0.1, 0.15) is 56.4 Å². The number of esters is 3. The fourth-order valence-corrected chi connectivity index (χ4v) is 5.36. The van der Waals surface area contributed by atoms with Gasteiger partial charge < -0.3 is 29.0 Å². The van der Waals surface area contributed by atoms with Gasteiger partial charge in [-0.1, -0.05) is 29.8 Å². The summed E-state index contributed by atoms with van der Waals surface area (Å²) in [7, 11) is 0. The van der Waals surface area contributed by atoms with Gasteiger partial charge in [0.2, 0.25) is 0 Å². The fraction of sp³-hybridized carbons (Fsp3) is 0.429. The van der Waals surface area contributed by atoms with Gasteiger partial charge in [-0.2, -0.15) is 0 Å². The van der Waals surface area contributed by atoms with Gasteiger partial charge in [-0.15, -0.1) is 0 Å². The fourth-order valence-electron chi connectivity index (χ4n) is 5.18. The van der Waals surface area contributed by atoms with Crippen LogP contribution in [0.2, 0.25) is 5.02 Å². The molecule has 11 heteroatoms. The number of ether oxygens (including phenoxy) is 5. The number of carbonyl (C=O) groups is 4. The van der Waals surface area contributed by atoms with Crippen molar-refractivity contribution >= 4 is 41.1 Å². The number of anilines is 1. The van der Waals surface area contributed by atoms with Gasteiger partial charge >= 0.3 is 17.9 Å². The van der Waals surface area contributed by atoms with E-state index in [-0.39, 0.29) is 12.5 Å². The summed E-state index contributed by atoms with van der Waals surface area (Å²) in [5.74, 6) is -1.41. The standard InChI is InChI=1S/C28H28ClNO9/c1-14(31)36-25-24(39-28(8-9-28)27(38-16(3)33)26(25)37-15(2)32)18-5-6-20(29)19(12-18)10-17-4-7-22-21(11-17)30-23(34)13-35-22/h4-7,11-12,24-27H,8-10,13H2,1-3H3,(H,30,34)/t24-,25-,26+,27-/m0/s1. The second-order valence-electron chi connectivity index (χ2n) is 9.98. The Balaban J connectivity index is 1.49. The summed E-state index contributed by atoms with van der Waals surface area (Å²) in [6, 6.07) is 10.8. The molecule has 0 radical (unpaired) electrons. The van der Waals surface area contributed by atoms with Crippen LogP contribution in [0, 0.1) is 0 Å². The first kappa shape index (κ1) is 27.0. The van der Waals surface area contributed by atoms with Gasteiger partial charge in [0, 0.05) is 25.8 Å². The highest BCUT2D eigenvalue weighted by atomic mass is 35.5. The first-order chi connectivity index (χ1) is 18.5. The molecular weight excluding hydrogens is 530 g/mol. The summed E-state index contributed by atoms with van der Waals surface area (Å²) in [5, 5.41) is 3.31. The van der Waals surface area contributed by atoms with Crippen molar-refractivity contribution < 1.29 is 42.9 Å². The van der Waals surface area contributed by atoms with Crippen LogP contribution in [0.4, 0.5) is 5.69 Å². The molecular formula is C28H28ClNO9. The Morgan fingerprint density at radius 2 is 1.67 bits per heavy atom. The Morgan fingerprint density at radius 1 is 0.974 bits per heavy atom. The van der Waals surface area contributed by atoms with Crippen molar-refractivity contribution in [1.29, 1.82) is 0 Å². The van der Waals surface area contributed by atoms with E-state index in [1.54, 1.807) is 18.2 Å². The van der Waals surface area contributed by atoms with E-state index < -0.39 is 47.9 Å². The lowest BCUT2D eigenvalue weighted by atomic mass is 9.88. The molecule has 1 saturated carbocycles. The zero-order chi connectivity index (χ0) is 27.9. The number of nitrogens with one attached hydrogen (secondary N) is 1. The highest BCUT2D eigenvalue weighted by molar-refractivity contribution is 6.31. The molecule has 2 aromatic rings. The summed E-state index contributed by atoms with van der Waals surface area (Å²) in [6.45, 7) is 3.72. The average molecular weight is 558 g/mol. The van der Waals surface area contributed by atoms with Crippen molar-refractivity contribution in [2.45, 2.75) is 70.1 Å². The number of fused-ring (bicyclic) bond motifs is 1. The van der Waals surface area contributed by atoms with Crippen LogP contribution in [0.5, 0.6) is 5.75 Å². The molecule has 39 heavy (non-hydrogen) atoms. The first-order valence-corrected chi connectivity index (χ1v) is 13.0. The number of hydrogen-bond donors (Lipinski definition) is 1. The molecule has 0 aromatic heterocycles. The molecule has 2 aliphatic heterocycles. The molecule has 1 amide bonds. The largest absolute Gasteiger partial charge is 0.482 e. The third kappa shape index (κ3) is 5.72. The molecule has 1 N–H and O–H groups in total. The van der Waals surface area contributed by atoms with E-state index in [1.807, 2.05) is 18.2 Å². The van der Waals surface area contributed by atoms with E-state index in [2.05, 4.69) is 5.32 Å². The predicted octanol–water partition coefficient (Wildman–Crippen LogP) is 3.66. The molecule has 3 aliphatic rings. The number of halogens is 1. The molecule has 1 aliphatic carbocycles. The maximum atomic E-state index is 12.1. The molecule has 2 fully saturated rings. The summed E-state index contributed by atoms with van der Waals surface area (Å²) < 4.78 is 28.7. The number of amides is 1. The minimum atomic E-state index is -1.08. The van der Waals surface area contributed by atoms with Crippen molar-refractivity contribution in [2.75, 3.05) is 11.9 Å². The van der Waals surface area contributed by atoms with Gasteiger partial charge in [-0.25, -0.2) is 0 Å². The SMILES string of the molecule is CC(=O)O[C@@H]1[C@@H](OC(C)=O)[C@H](OC(C)=O)C2(CC2)O[C@H]1c1ccc(Cl)c(Cc2ccc3c(c2)NC(=O)CO3)c1. The molecule has 10 nitrogen and oxygen atoms in total. The first-order valence-electron chi connectivity index (χ1n) is 12.6. The quantitative estimate of drug-likeness (QED) is 0.418. The van der Waals surface area contributed by atoms with E-state index >= 15 is 0 Å². The number of benzene rings is 2. The Hall–Kier alpha value is -3.63. The van der Waals surface area contributed by atoms with Gasteiger partial charge in [0.15, 0.2) is 24.9 Å². The van der Waals surface area contributed by atoms with Gasteiger partial charge in [0.1, 0.15) is 17.5 Å². The lowest BCUT2D eigenvalue weighted by Gasteiger charge is -2.45. The van der Waals surface area contributed by atoms with Gasteiger partial charge in [0.05, 0.1) is 5.69 Å². The number of hydrogen-bond acceptors (Lipinski definition) is 9. The van der Waals surface area contributed by atoms with Crippen molar-refractivity contribution in [3.8, 4) is 5.75 Å². The van der Waals surface area contributed by atoms with Crippen LogP contribution in [0.3, 0.4) is 0 Å². The van der Waals surface area contributed by atoms with Crippen molar-refractivity contribution in [2.24, 2.45) is 0 Å². The van der Waals surface area contributed by atoms with Crippen molar-refractivity contribution in [3.63, 3.8) is 0 Å². The monoisotopic (exact) mass is 557 g/mol. The predicted molar refractivity (Wildman–Crippen MR) is 137 cm³/mol. The highest BCUT2D eigenvalue weighted by Crippen LogP contribution is 2.54. The molecule has 0 unspecified atom stereocenters. The van der Waals surface area contributed by atoms with Crippen LogP contribution in [0.25, 0.3) is 0 Å². The molecule has 206 valence electrons. The average Bonchev–Trinajstić information content (AvgIpc) is 3.63. The maximum Gasteiger partial charge on any atom is 0.303 e. The highest BCUT2D eigenvalue weighted by Gasteiger charge is 2.65. The van der Waals surface area contributed by atoms with E-state index in [0.29, 0.717) is 41.3 Å². The Kier molecular flexibility index (Phi) is 7.26.